The molecule has 0 N–H and O–H groups in total. The molecule has 0 aliphatic heterocycles. The molecule has 31 heavy (non-hydrogen) atoms. The summed E-state index contributed by atoms with van der Waals surface area (Å²) in [6.45, 7) is 1.92. The molecule has 0 radical (unpaired) electrons. The number of rotatable bonds is 6. The summed E-state index contributed by atoms with van der Waals surface area (Å²) >= 11 is 0. The molecular formula is C24H19FN2O4. The summed E-state index contributed by atoms with van der Waals surface area (Å²) < 4.78 is 25.2. The average molecular weight is 418 g/mol. The van der Waals surface area contributed by atoms with Crippen molar-refractivity contribution in [2.24, 2.45) is 0 Å². The Kier molecular flexibility index (Phi) is 5.49. The minimum atomic E-state index is -0.537. The number of halogens is 1. The van der Waals surface area contributed by atoms with Crippen LogP contribution in [0.3, 0.4) is 0 Å². The largest absolute Gasteiger partial charge is 0.497 e. The number of hydrogen-bond donors (Lipinski definition) is 0. The van der Waals surface area contributed by atoms with Gasteiger partial charge in [0.2, 0.25) is 5.78 Å². The first-order valence-electron chi connectivity index (χ1n) is 9.64. The summed E-state index contributed by atoms with van der Waals surface area (Å²) in [5, 5.41) is 0. The monoisotopic (exact) mass is 418 g/mol. The second-order valence-electron chi connectivity index (χ2n) is 6.76. The molecule has 0 spiro atoms. The summed E-state index contributed by atoms with van der Waals surface area (Å²) in [6, 6.07) is 15.8. The fourth-order valence-electron chi connectivity index (χ4n) is 3.31. The molecule has 0 fully saturated rings. The molecule has 0 aliphatic rings. The first kappa shape index (κ1) is 20.3. The van der Waals surface area contributed by atoms with E-state index < -0.39 is 5.97 Å². The lowest BCUT2D eigenvalue weighted by Gasteiger charge is -2.06. The normalized spacial score (nSPS) is 10.8. The molecule has 2 aromatic carbocycles. The molecule has 0 saturated heterocycles. The maximum absolute atomic E-state index is 13.3. The van der Waals surface area contributed by atoms with E-state index in [2.05, 4.69) is 4.98 Å². The van der Waals surface area contributed by atoms with Crippen LogP contribution in [0.25, 0.3) is 16.8 Å². The lowest BCUT2D eigenvalue weighted by molar-refractivity contribution is 0.0529. The fraction of sp³-hybridized carbons (Fsp3) is 0.125. The first-order chi connectivity index (χ1) is 15.0. The van der Waals surface area contributed by atoms with Crippen LogP contribution in [0.4, 0.5) is 4.39 Å². The standard InChI is InChI=1S/C24H19FN2O4/c1-3-31-24(29)19-12-22(23(28)16-6-10-18(30-2)11-7-16)27-14-26-20(13-21(19)27)15-4-8-17(25)9-5-15/h4-14H,3H2,1-2H3. The molecule has 0 amide bonds. The van der Waals surface area contributed by atoms with Crippen molar-refractivity contribution >= 4 is 17.3 Å². The van der Waals surface area contributed by atoms with E-state index in [9.17, 15) is 14.0 Å². The van der Waals surface area contributed by atoms with Crippen molar-refractivity contribution in [1.82, 2.24) is 9.38 Å². The molecule has 2 aromatic heterocycles. The van der Waals surface area contributed by atoms with Gasteiger partial charge in [0.15, 0.2) is 0 Å². The molecule has 2 heterocycles. The second-order valence-corrected chi connectivity index (χ2v) is 6.76. The fourth-order valence-corrected chi connectivity index (χ4v) is 3.31. The lowest BCUT2D eigenvalue weighted by Crippen LogP contribution is -2.05. The average Bonchev–Trinajstić information content (AvgIpc) is 3.18. The lowest BCUT2D eigenvalue weighted by atomic mass is 10.1. The van der Waals surface area contributed by atoms with E-state index in [0.29, 0.717) is 28.1 Å². The molecular weight excluding hydrogens is 399 g/mol. The van der Waals surface area contributed by atoms with Gasteiger partial charge in [0, 0.05) is 11.1 Å². The van der Waals surface area contributed by atoms with E-state index in [1.54, 1.807) is 60.9 Å². The molecule has 0 unspecified atom stereocenters. The highest BCUT2D eigenvalue weighted by molar-refractivity contribution is 6.11. The Morgan fingerprint density at radius 3 is 2.39 bits per heavy atom. The molecule has 4 aromatic rings. The van der Waals surface area contributed by atoms with Crippen molar-refractivity contribution in [3.8, 4) is 17.0 Å². The summed E-state index contributed by atoms with van der Waals surface area (Å²) in [6.07, 6.45) is 1.48. The molecule has 0 atom stereocenters. The van der Waals surface area contributed by atoms with Gasteiger partial charge in [-0.25, -0.2) is 14.2 Å². The minimum absolute atomic E-state index is 0.202. The van der Waals surface area contributed by atoms with Crippen LogP contribution in [-0.2, 0) is 4.74 Å². The quantitative estimate of drug-likeness (QED) is 0.339. The number of ketones is 1. The van der Waals surface area contributed by atoms with E-state index in [4.69, 9.17) is 9.47 Å². The zero-order valence-corrected chi connectivity index (χ0v) is 17.0. The van der Waals surface area contributed by atoms with Crippen LogP contribution in [0, 0.1) is 5.82 Å². The van der Waals surface area contributed by atoms with Crippen molar-refractivity contribution < 1.29 is 23.5 Å². The molecule has 0 aliphatic carbocycles. The van der Waals surface area contributed by atoms with Crippen LogP contribution in [0.2, 0.25) is 0 Å². The van der Waals surface area contributed by atoms with Crippen molar-refractivity contribution in [3.05, 3.63) is 89.6 Å². The van der Waals surface area contributed by atoms with Crippen LogP contribution >= 0.6 is 0 Å². The van der Waals surface area contributed by atoms with Gasteiger partial charge in [-0.15, -0.1) is 0 Å². The van der Waals surface area contributed by atoms with Gasteiger partial charge in [-0.3, -0.25) is 9.20 Å². The smallest absolute Gasteiger partial charge is 0.340 e. The highest BCUT2D eigenvalue weighted by Gasteiger charge is 2.22. The topological polar surface area (TPSA) is 69.9 Å². The second kappa shape index (κ2) is 8.39. The Morgan fingerprint density at radius 2 is 1.74 bits per heavy atom. The van der Waals surface area contributed by atoms with Gasteiger partial charge < -0.3 is 9.47 Å². The number of fused-ring (bicyclic) bond motifs is 1. The van der Waals surface area contributed by atoms with E-state index in [0.717, 1.165) is 0 Å². The number of methoxy groups -OCH3 is 1. The number of ether oxygens (including phenoxy) is 2. The maximum atomic E-state index is 13.3. The molecule has 156 valence electrons. The number of hydrogen-bond acceptors (Lipinski definition) is 5. The zero-order valence-electron chi connectivity index (χ0n) is 17.0. The highest BCUT2D eigenvalue weighted by atomic mass is 19.1. The van der Waals surface area contributed by atoms with Crippen LogP contribution in [0.1, 0.15) is 33.3 Å². The maximum Gasteiger partial charge on any atom is 0.340 e. The van der Waals surface area contributed by atoms with E-state index in [-0.39, 0.29) is 29.5 Å². The van der Waals surface area contributed by atoms with Crippen molar-refractivity contribution in [3.63, 3.8) is 0 Å². The Hall–Kier alpha value is -4.00. The Balaban J connectivity index is 1.84. The zero-order chi connectivity index (χ0) is 22.0. The highest BCUT2D eigenvalue weighted by Crippen LogP contribution is 2.26. The number of carbonyl (C=O) groups excluding carboxylic acids is 2. The van der Waals surface area contributed by atoms with Gasteiger partial charge in [-0.05, 0) is 67.6 Å². The number of esters is 1. The van der Waals surface area contributed by atoms with Crippen molar-refractivity contribution in [1.29, 1.82) is 0 Å². The molecule has 6 nitrogen and oxygen atoms in total. The van der Waals surface area contributed by atoms with Crippen molar-refractivity contribution in [2.75, 3.05) is 13.7 Å². The van der Waals surface area contributed by atoms with E-state index in [1.165, 1.54) is 24.5 Å². The van der Waals surface area contributed by atoms with Gasteiger partial charge in [0.05, 0.1) is 36.2 Å². The SMILES string of the molecule is CCOC(=O)c1cc(C(=O)c2ccc(OC)cc2)n2cnc(-c3ccc(F)cc3)cc12. The Morgan fingerprint density at radius 1 is 1.03 bits per heavy atom. The van der Waals surface area contributed by atoms with Crippen LogP contribution in [0.5, 0.6) is 5.75 Å². The third kappa shape index (κ3) is 3.90. The van der Waals surface area contributed by atoms with E-state index >= 15 is 0 Å². The molecule has 4 rings (SSSR count). The predicted octanol–water partition coefficient (Wildman–Crippen LogP) is 4.56. The minimum Gasteiger partial charge on any atom is -0.497 e. The third-order valence-electron chi connectivity index (χ3n) is 4.88. The number of nitrogens with zero attached hydrogens (tertiary/aromatic N) is 2. The van der Waals surface area contributed by atoms with Gasteiger partial charge >= 0.3 is 5.97 Å². The van der Waals surface area contributed by atoms with E-state index in [1.807, 2.05) is 0 Å². The predicted molar refractivity (Wildman–Crippen MR) is 113 cm³/mol. The number of aromatic nitrogens is 2. The molecule has 0 saturated carbocycles. The summed E-state index contributed by atoms with van der Waals surface area (Å²) in [5.41, 5.74) is 2.68. The van der Waals surface area contributed by atoms with Crippen LogP contribution in [-0.4, -0.2) is 34.9 Å². The van der Waals surface area contributed by atoms with Gasteiger partial charge in [-0.1, -0.05) is 0 Å². The van der Waals surface area contributed by atoms with Crippen molar-refractivity contribution in [2.45, 2.75) is 6.92 Å². The summed E-state index contributed by atoms with van der Waals surface area (Å²) in [7, 11) is 1.55. The third-order valence-corrected chi connectivity index (χ3v) is 4.88. The molecule has 7 heteroatoms. The van der Waals surface area contributed by atoms with Gasteiger partial charge in [0.1, 0.15) is 17.9 Å². The Bertz CT molecular complexity index is 1260. The number of benzene rings is 2. The van der Waals surface area contributed by atoms with Gasteiger partial charge in [-0.2, -0.15) is 0 Å². The number of carbonyl (C=O) groups is 2. The van der Waals surface area contributed by atoms with Crippen LogP contribution < -0.4 is 4.74 Å². The summed E-state index contributed by atoms with van der Waals surface area (Å²) in [4.78, 5) is 30.1. The first-order valence-corrected chi connectivity index (χ1v) is 9.64. The van der Waals surface area contributed by atoms with Gasteiger partial charge in [0.25, 0.3) is 0 Å². The summed E-state index contributed by atoms with van der Waals surface area (Å²) in [5.74, 6) is -0.531. The Labute approximate surface area is 177 Å². The molecule has 0 bridgehead atoms. The van der Waals surface area contributed by atoms with Crippen LogP contribution in [0.15, 0.2) is 67.0 Å².